The second-order valence-corrected chi connectivity index (χ2v) is 5.24. The van der Waals surface area contributed by atoms with Gasteiger partial charge in [0.15, 0.2) is 0 Å². The molecule has 0 aliphatic rings. The number of rotatable bonds is 3. The molecule has 108 valence electrons. The second kappa shape index (κ2) is 5.45. The average molecular weight is 307 g/mol. The molecule has 1 aromatic heterocycles. The maximum absolute atomic E-state index is 13.6. The molecule has 0 aliphatic carbocycles. The number of benzene rings is 2. The number of nitrogens with zero attached hydrogens (tertiary/aromatic N) is 2. The van der Waals surface area contributed by atoms with Crippen molar-refractivity contribution in [1.29, 1.82) is 0 Å². The zero-order valence-corrected chi connectivity index (χ0v) is 12.2. The molecule has 0 unspecified atom stereocenters. The Labute approximate surface area is 126 Å². The molecule has 0 amide bonds. The van der Waals surface area contributed by atoms with Gasteiger partial charge in [0.25, 0.3) is 0 Å². The lowest BCUT2D eigenvalue weighted by Crippen LogP contribution is -2.04. The van der Waals surface area contributed by atoms with Crippen LogP contribution in [0.1, 0.15) is 17.0 Å². The first kappa shape index (κ1) is 14.0. The zero-order valence-electron chi connectivity index (χ0n) is 11.4. The fraction of sp³-hybridized carbons (Fsp3) is 0.188. The van der Waals surface area contributed by atoms with Gasteiger partial charge >= 0.3 is 0 Å². The normalized spacial score (nSPS) is 11.2. The highest BCUT2D eigenvalue weighted by atomic mass is 35.5. The van der Waals surface area contributed by atoms with E-state index in [4.69, 9.17) is 11.6 Å². The molecule has 0 bridgehead atoms. The number of aryl methyl sites for hydroxylation is 1. The fourth-order valence-corrected chi connectivity index (χ4v) is 2.60. The van der Waals surface area contributed by atoms with Crippen LogP contribution in [0, 0.1) is 18.6 Å². The van der Waals surface area contributed by atoms with Gasteiger partial charge in [-0.2, -0.15) is 0 Å². The van der Waals surface area contributed by atoms with Crippen molar-refractivity contribution < 1.29 is 8.78 Å². The summed E-state index contributed by atoms with van der Waals surface area (Å²) < 4.78 is 28.8. The topological polar surface area (TPSA) is 17.8 Å². The molecule has 0 saturated carbocycles. The van der Waals surface area contributed by atoms with Gasteiger partial charge in [0.05, 0.1) is 16.9 Å². The Bertz CT molecular complexity index is 811. The summed E-state index contributed by atoms with van der Waals surface area (Å²) in [6, 6.07) is 9.52. The molecule has 2 aromatic carbocycles. The molecule has 3 aromatic rings. The Balaban J connectivity index is 2.14. The predicted octanol–water partition coefficient (Wildman–Crippen LogP) is 4.41. The number of imidazole rings is 1. The first-order valence-corrected chi connectivity index (χ1v) is 7.07. The van der Waals surface area contributed by atoms with Crippen LogP contribution in [0.4, 0.5) is 8.78 Å². The van der Waals surface area contributed by atoms with E-state index in [0.29, 0.717) is 23.4 Å². The summed E-state index contributed by atoms with van der Waals surface area (Å²) in [6.07, 6.45) is 0. The molecule has 0 atom stereocenters. The predicted molar refractivity (Wildman–Crippen MR) is 79.5 cm³/mol. The van der Waals surface area contributed by atoms with Crippen LogP contribution in [-0.2, 0) is 12.4 Å². The van der Waals surface area contributed by atoms with E-state index in [1.54, 1.807) is 19.1 Å². The van der Waals surface area contributed by atoms with Crippen LogP contribution in [0.25, 0.3) is 11.0 Å². The highest BCUT2D eigenvalue weighted by molar-refractivity contribution is 6.16. The van der Waals surface area contributed by atoms with Crippen molar-refractivity contribution >= 4 is 22.6 Å². The molecule has 1 heterocycles. The minimum atomic E-state index is -0.293. The van der Waals surface area contributed by atoms with Crippen LogP contribution in [0.3, 0.4) is 0 Å². The van der Waals surface area contributed by atoms with Crippen molar-refractivity contribution in [2.45, 2.75) is 19.3 Å². The van der Waals surface area contributed by atoms with Gasteiger partial charge in [0, 0.05) is 12.6 Å². The molecule has 2 nitrogen and oxygen atoms in total. The van der Waals surface area contributed by atoms with Gasteiger partial charge in [0.1, 0.15) is 17.5 Å². The van der Waals surface area contributed by atoms with Gasteiger partial charge in [0.2, 0.25) is 0 Å². The Morgan fingerprint density at radius 1 is 1.19 bits per heavy atom. The molecular formula is C16H13ClF2N2. The summed E-state index contributed by atoms with van der Waals surface area (Å²) in [7, 11) is 0. The number of hydrogen-bond donors (Lipinski definition) is 0. The monoisotopic (exact) mass is 306 g/mol. The van der Waals surface area contributed by atoms with Crippen LogP contribution in [-0.4, -0.2) is 9.55 Å². The van der Waals surface area contributed by atoms with E-state index in [9.17, 15) is 8.78 Å². The number of hydrogen-bond acceptors (Lipinski definition) is 1. The standard InChI is InChI=1S/C16H13ClF2N2/c1-10-5-15-14(7-13(10)19)20-16(8-17)21(15)9-11-3-2-4-12(18)6-11/h2-7H,8-9H2,1H3. The van der Waals surface area contributed by atoms with Crippen LogP contribution >= 0.6 is 11.6 Å². The third-order valence-electron chi connectivity index (χ3n) is 3.46. The lowest BCUT2D eigenvalue weighted by atomic mass is 10.2. The van der Waals surface area contributed by atoms with Crippen molar-refractivity contribution in [1.82, 2.24) is 9.55 Å². The van der Waals surface area contributed by atoms with E-state index < -0.39 is 0 Å². The quantitative estimate of drug-likeness (QED) is 0.655. The van der Waals surface area contributed by atoms with Crippen molar-refractivity contribution in [3.05, 3.63) is 65.0 Å². The minimum absolute atomic E-state index is 0.213. The molecule has 5 heteroatoms. The number of halogens is 3. The Morgan fingerprint density at radius 2 is 2.00 bits per heavy atom. The SMILES string of the molecule is Cc1cc2c(cc1F)nc(CCl)n2Cc1cccc(F)c1. The smallest absolute Gasteiger partial charge is 0.128 e. The molecule has 0 aliphatic heterocycles. The molecule has 3 rings (SSSR count). The summed E-state index contributed by atoms with van der Waals surface area (Å²) >= 11 is 5.93. The molecule has 0 radical (unpaired) electrons. The summed E-state index contributed by atoms with van der Waals surface area (Å²) in [5, 5.41) is 0. The maximum atomic E-state index is 13.6. The molecule has 0 N–H and O–H groups in total. The van der Waals surface area contributed by atoms with E-state index in [1.165, 1.54) is 18.2 Å². The number of fused-ring (bicyclic) bond motifs is 1. The van der Waals surface area contributed by atoms with Crippen LogP contribution in [0.5, 0.6) is 0 Å². The van der Waals surface area contributed by atoms with Crippen molar-refractivity contribution in [3.63, 3.8) is 0 Å². The largest absolute Gasteiger partial charge is 0.322 e. The summed E-state index contributed by atoms with van der Waals surface area (Å²) in [5.74, 6) is 0.275. The van der Waals surface area contributed by atoms with Crippen molar-refractivity contribution in [2.75, 3.05) is 0 Å². The summed E-state index contributed by atoms with van der Waals surface area (Å²) in [5.41, 5.74) is 2.71. The van der Waals surface area contributed by atoms with Gasteiger partial charge < -0.3 is 4.57 Å². The molecule has 0 saturated heterocycles. The average Bonchev–Trinajstić information content (AvgIpc) is 2.77. The lowest BCUT2D eigenvalue weighted by molar-refractivity contribution is 0.620. The van der Waals surface area contributed by atoms with E-state index in [0.717, 1.165) is 11.1 Å². The number of aromatic nitrogens is 2. The lowest BCUT2D eigenvalue weighted by Gasteiger charge is -2.08. The van der Waals surface area contributed by atoms with Gasteiger partial charge in [-0.15, -0.1) is 11.6 Å². The molecule has 0 spiro atoms. The molecule has 21 heavy (non-hydrogen) atoms. The number of alkyl halides is 1. The van der Waals surface area contributed by atoms with Gasteiger partial charge in [-0.25, -0.2) is 13.8 Å². The highest BCUT2D eigenvalue weighted by Gasteiger charge is 2.13. The van der Waals surface area contributed by atoms with E-state index in [-0.39, 0.29) is 17.5 Å². The van der Waals surface area contributed by atoms with Crippen LogP contribution < -0.4 is 0 Å². The Morgan fingerprint density at radius 3 is 2.71 bits per heavy atom. The first-order valence-electron chi connectivity index (χ1n) is 6.54. The Hall–Kier alpha value is -1.94. The Kier molecular flexibility index (Phi) is 3.64. The molecular weight excluding hydrogens is 294 g/mol. The summed E-state index contributed by atoms with van der Waals surface area (Å²) in [4.78, 5) is 4.35. The van der Waals surface area contributed by atoms with E-state index >= 15 is 0 Å². The van der Waals surface area contributed by atoms with Crippen molar-refractivity contribution in [3.8, 4) is 0 Å². The maximum Gasteiger partial charge on any atom is 0.128 e. The fourth-order valence-electron chi connectivity index (χ4n) is 2.40. The third kappa shape index (κ3) is 2.63. The van der Waals surface area contributed by atoms with Crippen LogP contribution in [0.15, 0.2) is 36.4 Å². The molecule has 0 fully saturated rings. The van der Waals surface area contributed by atoms with Crippen LogP contribution in [0.2, 0.25) is 0 Å². The second-order valence-electron chi connectivity index (χ2n) is 4.97. The van der Waals surface area contributed by atoms with E-state index in [2.05, 4.69) is 4.98 Å². The zero-order chi connectivity index (χ0) is 15.0. The van der Waals surface area contributed by atoms with Gasteiger partial charge in [-0.1, -0.05) is 12.1 Å². The highest BCUT2D eigenvalue weighted by Crippen LogP contribution is 2.22. The van der Waals surface area contributed by atoms with Gasteiger partial charge in [-0.3, -0.25) is 0 Å². The van der Waals surface area contributed by atoms with Gasteiger partial charge in [-0.05, 0) is 36.2 Å². The van der Waals surface area contributed by atoms with E-state index in [1.807, 2.05) is 10.6 Å². The minimum Gasteiger partial charge on any atom is -0.322 e. The van der Waals surface area contributed by atoms with Crippen molar-refractivity contribution in [2.24, 2.45) is 0 Å². The summed E-state index contributed by atoms with van der Waals surface area (Å²) in [6.45, 7) is 2.15. The third-order valence-corrected chi connectivity index (χ3v) is 3.70. The first-order chi connectivity index (χ1) is 10.1.